The molecule has 1 fully saturated rings. The largest absolute Gasteiger partial charge is 0.323 e. The predicted octanol–water partition coefficient (Wildman–Crippen LogP) is 1.04. The molecule has 2 rings (SSSR count). The molecule has 1 aromatic rings. The average molecular weight is 314 g/mol. The number of hydrogen-bond acceptors (Lipinski definition) is 4. The van der Waals surface area contributed by atoms with Crippen LogP contribution >= 0.6 is 0 Å². The SMILES string of the molecule is CCc1cc(C(N)CC2CCCN(S(C)(=O)=O)C2)n(C)n1. The van der Waals surface area contributed by atoms with Crippen LogP contribution in [-0.2, 0) is 23.5 Å². The normalized spacial score (nSPS) is 22.4. The third kappa shape index (κ3) is 4.05. The van der Waals surface area contributed by atoms with Crippen LogP contribution in [-0.4, -0.2) is 41.8 Å². The zero-order valence-corrected chi connectivity index (χ0v) is 13.9. The summed E-state index contributed by atoms with van der Waals surface area (Å²) in [7, 11) is -1.18. The molecule has 0 saturated carbocycles. The van der Waals surface area contributed by atoms with Crippen molar-refractivity contribution in [2.24, 2.45) is 18.7 Å². The second-order valence-electron chi connectivity index (χ2n) is 6.01. The maximum atomic E-state index is 11.7. The van der Waals surface area contributed by atoms with E-state index in [-0.39, 0.29) is 6.04 Å². The van der Waals surface area contributed by atoms with Crippen molar-refractivity contribution in [3.8, 4) is 0 Å². The summed E-state index contributed by atoms with van der Waals surface area (Å²) in [5, 5.41) is 4.43. The molecule has 1 aliphatic heterocycles. The smallest absolute Gasteiger partial charge is 0.211 e. The van der Waals surface area contributed by atoms with Gasteiger partial charge < -0.3 is 5.73 Å². The summed E-state index contributed by atoms with van der Waals surface area (Å²) in [4.78, 5) is 0. The maximum absolute atomic E-state index is 11.7. The fourth-order valence-electron chi connectivity index (χ4n) is 3.06. The molecular formula is C14H26N4O2S. The van der Waals surface area contributed by atoms with E-state index in [1.54, 1.807) is 4.31 Å². The fourth-order valence-corrected chi connectivity index (χ4v) is 4.01. The van der Waals surface area contributed by atoms with Crippen LogP contribution in [0.3, 0.4) is 0 Å². The standard InChI is InChI=1S/C14H26N4O2S/c1-4-12-9-14(17(2)16-12)13(15)8-11-6-5-7-18(10-11)21(3,19)20/h9,11,13H,4-8,10,15H2,1-3H3. The fraction of sp³-hybridized carbons (Fsp3) is 0.786. The molecule has 21 heavy (non-hydrogen) atoms. The van der Waals surface area contributed by atoms with E-state index in [1.165, 1.54) is 6.26 Å². The summed E-state index contributed by atoms with van der Waals surface area (Å²) in [6.45, 7) is 3.30. The number of nitrogens with zero attached hydrogens (tertiary/aromatic N) is 3. The number of aromatic nitrogens is 2. The van der Waals surface area contributed by atoms with Gasteiger partial charge in [0.1, 0.15) is 0 Å². The molecule has 0 radical (unpaired) electrons. The Morgan fingerprint density at radius 3 is 2.81 bits per heavy atom. The van der Waals surface area contributed by atoms with Gasteiger partial charge in [0.25, 0.3) is 0 Å². The first-order valence-electron chi connectivity index (χ1n) is 7.54. The van der Waals surface area contributed by atoms with E-state index < -0.39 is 10.0 Å². The van der Waals surface area contributed by atoms with Crippen LogP contribution in [0, 0.1) is 5.92 Å². The minimum atomic E-state index is -3.09. The van der Waals surface area contributed by atoms with Crippen molar-refractivity contribution >= 4 is 10.0 Å². The topological polar surface area (TPSA) is 81.2 Å². The van der Waals surface area contributed by atoms with Gasteiger partial charge in [-0.25, -0.2) is 12.7 Å². The molecule has 0 aliphatic carbocycles. The van der Waals surface area contributed by atoms with Crippen LogP contribution < -0.4 is 5.73 Å². The lowest BCUT2D eigenvalue weighted by molar-refractivity contribution is 0.245. The minimum Gasteiger partial charge on any atom is -0.323 e. The summed E-state index contributed by atoms with van der Waals surface area (Å²) in [5.74, 6) is 0.323. The van der Waals surface area contributed by atoms with Crippen LogP contribution in [0.5, 0.6) is 0 Å². The van der Waals surface area contributed by atoms with E-state index in [0.29, 0.717) is 19.0 Å². The van der Waals surface area contributed by atoms with Gasteiger partial charge in [-0.05, 0) is 37.7 Å². The Hall–Kier alpha value is -0.920. The highest BCUT2D eigenvalue weighted by atomic mass is 32.2. The highest BCUT2D eigenvalue weighted by Crippen LogP contribution is 2.27. The lowest BCUT2D eigenvalue weighted by Gasteiger charge is -2.32. The van der Waals surface area contributed by atoms with E-state index >= 15 is 0 Å². The van der Waals surface area contributed by atoms with E-state index in [9.17, 15) is 8.42 Å². The van der Waals surface area contributed by atoms with Crippen molar-refractivity contribution in [2.45, 2.75) is 38.6 Å². The second kappa shape index (κ2) is 6.46. The first-order valence-corrected chi connectivity index (χ1v) is 9.39. The zero-order valence-electron chi connectivity index (χ0n) is 13.1. The number of nitrogens with two attached hydrogens (primary N) is 1. The van der Waals surface area contributed by atoms with E-state index in [4.69, 9.17) is 5.73 Å². The minimum absolute atomic E-state index is 0.0905. The third-order valence-corrected chi connectivity index (χ3v) is 5.52. The van der Waals surface area contributed by atoms with Crippen molar-refractivity contribution in [2.75, 3.05) is 19.3 Å². The molecule has 0 bridgehead atoms. The first-order chi connectivity index (χ1) is 9.81. The van der Waals surface area contributed by atoms with Crippen LogP contribution in [0.4, 0.5) is 0 Å². The Labute approximate surface area is 127 Å². The van der Waals surface area contributed by atoms with E-state index in [2.05, 4.69) is 18.1 Å². The quantitative estimate of drug-likeness (QED) is 0.880. The number of sulfonamides is 1. The number of rotatable bonds is 5. The summed E-state index contributed by atoms with van der Waals surface area (Å²) in [6.07, 6.45) is 4.93. The van der Waals surface area contributed by atoms with Crippen molar-refractivity contribution in [1.29, 1.82) is 0 Å². The molecule has 1 aliphatic rings. The zero-order chi connectivity index (χ0) is 15.6. The van der Waals surface area contributed by atoms with Gasteiger partial charge in [0, 0.05) is 26.2 Å². The van der Waals surface area contributed by atoms with Crippen LogP contribution in [0.25, 0.3) is 0 Å². The van der Waals surface area contributed by atoms with Gasteiger partial charge in [-0.15, -0.1) is 0 Å². The van der Waals surface area contributed by atoms with Crippen molar-refractivity contribution < 1.29 is 8.42 Å². The second-order valence-corrected chi connectivity index (χ2v) is 7.99. The molecule has 120 valence electrons. The molecule has 0 aromatic carbocycles. The summed E-state index contributed by atoms with van der Waals surface area (Å²) in [6, 6.07) is 1.97. The summed E-state index contributed by atoms with van der Waals surface area (Å²) >= 11 is 0. The number of piperidine rings is 1. The molecular weight excluding hydrogens is 288 g/mol. The number of aryl methyl sites for hydroxylation is 2. The Balaban J connectivity index is 2.02. The Morgan fingerprint density at radius 2 is 2.24 bits per heavy atom. The Bertz CT molecular complexity index is 582. The molecule has 1 saturated heterocycles. The molecule has 1 aromatic heterocycles. The van der Waals surface area contributed by atoms with E-state index in [1.807, 2.05) is 11.7 Å². The van der Waals surface area contributed by atoms with Gasteiger partial charge in [0.2, 0.25) is 10.0 Å². The first kappa shape index (κ1) is 16.5. The molecule has 6 nitrogen and oxygen atoms in total. The lowest BCUT2D eigenvalue weighted by Crippen LogP contribution is -2.40. The molecule has 7 heteroatoms. The average Bonchev–Trinajstić information content (AvgIpc) is 2.79. The summed E-state index contributed by atoms with van der Waals surface area (Å²) < 4.78 is 26.8. The van der Waals surface area contributed by atoms with Crippen molar-refractivity contribution in [3.63, 3.8) is 0 Å². The van der Waals surface area contributed by atoms with Crippen LogP contribution in [0.1, 0.15) is 43.6 Å². The monoisotopic (exact) mass is 314 g/mol. The molecule has 2 N–H and O–H groups in total. The van der Waals surface area contributed by atoms with Gasteiger partial charge in [-0.1, -0.05) is 6.92 Å². The highest BCUT2D eigenvalue weighted by molar-refractivity contribution is 7.88. The third-order valence-electron chi connectivity index (χ3n) is 4.25. The molecule has 2 unspecified atom stereocenters. The number of hydrogen-bond donors (Lipinski definition) is 1. The van der Waals surface area contributed by atoms with E-state index in [0.717, 1.165) is 37.1 Å². The predicted molar refractivity (Wildman–Crippen MR) is 83.3 cm³/mol. The van der Waals surface area contributed by atoms with Crippen LogP contribution in [0.15, 0.2) is 6.07 Å². The Morgan fingerprint density at radius 1 is 1.52 bits per heavy atom. The lowest BCUT2D eigenvalue weighted by atomic mass is 9.91. The van der Waals surface area contributed by atoms with Gasteiger partial charge in [-0.2, -0.15) is 5.10 Å². The van der Waals surface area contributed by atoms with Crippen molar-refractivity contribution in [3.05, 3.63) is 17.5 Å². The van der Waals surface area contributed by atoms with Gasteiger partial charge in [0.15, 0.2) is 0 Å². The molecule has 0 spiro atoms. The van der Waals surface area contributed by atoms with Gasteiger partial charge >= 0.3 is 0 Å². The molecule has 0 amide bonds. The van der Waals surface area contributed by atoms with Gasteiger partial charge in [-0.3, -0.25) is 4.68 Å². The van der Waals surface area contributed by atoms with Gasteiger partial charge in [0.05, 0.1) is 17.6 Å². The van der Waals surface area contributed by atoms with Crippen molar-refractivity contribution in [1.82, 2.24) is 14.1 Å². The molecule has 2 atom stereocenters. The summed E-state index contributed by atoms with van der Waals surface area (Å²) in [5.41, 5.74) is 8.40. The maximum Gasteiger partial charge on any atom is 0.211 e. The molecule has 2 heterocycles. The Kier molecular flexibility index (Phi) is 5.06. The highest BCUT2D eigenvalue weighted by Gasteiger charge is 2.27. The van der Waals surface area contributed by atoms with Crippen LogP contribution in [0.2, 0.25) is 0 Å².